The SMILES string of the molecule is C=C.C=C.C=C.C=C.CCCCC1C(=O)NN(c2ccccc2)C1=O.CCOCC. The molecule has 1 aromatic rings. The highest BCUT2D eigenvalue weighted by molar-refractivity contribution is 6.14. The molecule has 1 saturated heterocycles. The van der Waals surface area contributed by atoms with Gasteiger partial charge in [-0.2, -0.15) is 0 Å². The molecule has 1 unspecified atom stereocenters. The number of nitrogens with one attached hydrogen (secondary N) is 1. The average Bonchev–Trinajstić information content (AvgIpc) is 3.12. The molecule has 1 N–H and O–H groups in total. The quantitative estimate of drug-likeness (QED) is 0.447. The summed E-state index contributed by atoms with van der Waals surface area (Å²) in [6.45, 7) is 31.7. The molecule has 5 nitrogen and oxygen atoms in total. The Morgan fingerprint density at radius 1 is 0.867 bits per heavy atom. The first kappa shape index (κ1) is 34.6. The van der Waals surface area contributed by atoms with Crippen LogP contribution in [0.3, 0.4) is 0 Å². The molecule has 170 valence electrons. The maximum Gasteiger partial charge on any atom is 0.258 e. The minimum Gasteiger partial charge on any atom is -0.382 e. The Labute approximate surface area is 184 Å². The summed E-state index contributed by atoms with van der Waals surface area (Å²) in [4.78, 5) is 23.8. The fourth-order valence-corrected chi connectivity index (χ4v) is 2.15. The van der Waals surface area contributed by atoms with E-state index in [1.807, 2.05) is 39.0 Å². The standard InChI is InChI=1S/C13H16N2O2.C4H10O.4C2H4/c1-2-3-9-11-12(16)14-15(13(11)17)10-7-5-4-6-8-10;1-3-5-4-2;4*1-2/h4-8,11H,2-3,9H2,1H3,(H,14,16);3-4H2,1-2H3;4*1-2H2. The van der Waals surface area contributed by atoms with Crippen LogP contribution in [0.5, 0.6) is 0 Å². The second kappa shape index (κ2) is 28.3. The van der Waals surface area contributed by atoms with Crippen LogP contribution < -0.4 is 10.4 Å². The van der Waals surface area contributed by atoms with Crippen LogP contribution in [-0.2, 0) is 14.3 Å². The van der Waals surface area contributed by atoms with Crippen LogP contribution in [0.2, 0.25) is 0 Å². The van der Waals surface area contributed by atoms with Crippen LogP contribution in [0.15, 0.2) is 83.0 Å². The number of ether oxygens (including phenoxy) is 1. The fourth-order valence-electron chi connectivity index (χ4n) is 2.15. The number of carbonyl (C=O) groups is 2. The molecule has 2 amide bonds. The summed E-state index contributed by atoms with van der Waals surface area (Å²) in [6, 6.07) is 9.17. The summed E-state index contributed by atoms with van der Waals surface area (Å²) in [5.41, 5.74) is 3.34. The largest absolute Gasteiger partial charge is 0.382 e. The molecular weight excluding hydrogens is 376 g/mol. The summed E-state index contributed by atoms with van der Waals surface area (Å²) < 4.78 is 4.83. The van der Waals surface area contributed by atoms with Gasteiger partial charge in [0.25, 0.3) is 11.8 Å². The Morgan fingerprint density at radius 2 is 1.33 bits per heavy atom. The van der Waals surface area contributed by atoms with Gasteiger partial charge in [-0.1, -0.05) is 38.0 Å². The lowest BCUT2D eigenvalue weighted by Crippen LogP contribution is -2.35. The smallest absolute Gasteiger partial charge is 0.258 e. The lowest BCUT2D eigenvalue weighted by molar-refractivity contribution is -0.127. The van der Waals surface area contributed by atoms with Crippen LogP contribution >= 0.6 is 0 Å². The van der Waals surface area contributed by atoms with Crippen molar-refractivity contribution in [3.63, 3.8) is 0 Å². The van der Waals surface area contributed by atoms with Gasteiger partial charge in [0.1, 0.15) is 5.92 Å². The van der Waals surface area contributed by atoms with Gasteiger partial charge >= 0.3 is 0 Å². The van der Waals surface area contributed by atoms with Crippen molar-refractivity contribution in [2.75, 3.05) is 18.2 Å². The van der Waals surface area contributed by atoms with Crippen molar-refractivity contribution in [1.82, 2.24) is 5.43 Å². The van der Waals surface area contributed by atoms with E-state index in [1.165, 1.54) is 5.01 Å². The van der Waals surface area contributed by atoms with Gasteiger partial charge in [0.05, 0.1) is 5.69 Å². The Hall–Kier alpha value is -2.92. The van der Waals surface area contributed by atoms with Gasteiger partial charge in [0.15, 0.2) is 0 Å². The monoisotopic (exact) mass is 418 g/mol. The molecule has 0 aliphatic carbocycles. The predicted molar refractivity (Wildman–Crippen MR) is 132 cm³/mol. The summed E-state index contributed by atoms with van der Waals surface area (Å²) in [6.07, 6.45) is 2.51. The Morgan fingerprint density at radius 3 is 1.70 bits per heavy atom. The van der Waals surface area contributed by atoms with Crippen molar-refractivity contribution in [3.05, 3.63) is 83.0 Å². The van der Waals surface area contributed by atoms with Crippen molar-refractivity contribution in [3.8, 4) is 0 Å². The van der Waals surface area contributed by atoms with Crippen LogP contribution in [0, 0.1) is 5.92 Å². The van der Waals surface area contributed by atoms with Crippen molar-refractivity contribution in [2.24, 2.45) is 5.92 Å². The Balaban J connectivity index is -0.000000219. The maximum absolute atomic E-state index is 12.1. The van der Waals surface area contributed by atoms with E-state index in [2.05, 4.69) is 58.1 Å². The number of carbonyl (C=O) groups excluding carboxylic acids is 2. The first-order chi connectivity index (χ1) is 14.7. The van der Waals surface area contributed by atoms with Crippen molar-refractivity contribution in [2.45, 2.75) is 40.0 Å². The van der Waals surface area contributed by atoms with E-state index in [0.29, 0.717) is 12.1 Å². The first-order valence-electron chi connectivity index (χ1n) is 9.92. The molecule has 0 aromatic heterocycles. The second-order valence-electron chi connectivity index (χ2n) is 4.96. The number of nitrogens with zero attached hydrogens (tertiary/aromatic N) is 1. The fraction of sp³-hybridized carbons (Fsp3) is 0.360. The summed E-state index contributed by atoms with van der Waals surface area (Å²) in [5.74, 6) is -0.850. The molecule has 1 aromatic carbocycles. The predicted octanol–water partition coefficient (Wildman–Crippen LogP) is 6.12. The molecule has 0 saturated carbocycles. The van der Waals surface area contributed by atoms with Crippen LogP contribution in [0.1, 0.15) is 40.0 Å². The maximum atomic E-state index is 12.1. The highest BCUT2D eigenvalue weighted by Crippen LogP contribution is 2.22. The highest BCUT2D eigenvalue weighted by atomic mass is 16.5. The third-order valence-electron chi connectivity index (χ3n) is 3.33. The molecule has 0 radical (unpaired) electrons. The van der Waals surface area contributed by atoms with Gasteiger partial charge in [-0.3, -0.25) is 15.0 Å². The van der Waals surface area contributed by atoms with Gasteiger partial charge in [-0.05, 0) is 32.4 Å². The zero-order valence-electron chi connectivity index (χ0n) is 19.3. The normalized spacial score (nSPS) is 13.0. The zero-order valence-corrected chi connectivity index (χ0v) is 19.3. The number of para-hydroxylation sites is 1. The molecule has 5 heteroatoms. The van der Waals surface area contributed by atoms with Crippen LogP contribution in [-0.4, -0.2) is 25.0 Å². The number of amides is 2. The Bertz CT molecular complexity index is 510. The summed E-state index contributed by atoms with van der Waals surface area (Å²) in [5, 5.41) is 1.35. The van der Waals surface area contributed by atoms with Crippen LogP contribution in [0.25, 0.3) is 0 Å². The molecular formula is C25H42N2O3. The lowest BCUT2D eigenvalue weighted by Gasteiger charge is -2.14. The Kier molecular flexibility index (Phi) is 32.6. The second-order valence-corrected chi connectivity index (χ2v) is 4.96. The van der Waals surface area contributed by atoms with Gasteiger partial charge in [0, 0.05) is 13.2 Å². The van der Waals surface area contributed by atoms with Crippen molar-refractivity contribution >= 4 is 17.5 Å². The van der Waals surface area contributed by atoms with E-state index in [-0.39, 0.29) is 11.8 Å². The molecule has 0 bridgehead atoms. The molecule has 1 atom stereocenters. The number of hydrazine groups is 1. The number of unbranched alkanes of at least 4 members (excludes halogenated alkanes) is 1. The average molecular weight is 419 g/mol. The van der Waals surface area contributed by atoms with E-state index in [1.54, 1.807) is 12.1 Å². The third kappa shape index (κ3) is 15.1. The lowest BCUT2D eigenvalue weighted by atomic mass is 10.0. The third-order valence-corrected chi connectivity index (χ3v) is 3.33. The van der Waals surface area contributed by atoms with Crippen LogP contribution in [0.4, 0.5) is 5.69 Å². The van der Waals surface area contributed by atoms with Gasteiger partial charge < -0.3 is 4.74 Å². The summed E-state index contributed by atoms with van der Waals surface area (Å²) in [7, 11) is 0. The van der Waals surface area contributed by atoms with Crippen molar-refractivity contribution in [1.29, 1.82) is 0 Å². The zero-order chi connectivity index (χ0) is 24.4. The van der Waals surface area contributed by atoms with Gasteiger partial charge in [0.2, 0.25) is 0 Å². The highest BCUT2D eigenvalue weighted by Gasteiger charge is 2.39. The molecule has 1 aliphatic heterocycles. The summed E-state index contributed by atoms with van der Waals surface area (Å²) >= 11 is 0. The number of benzene rings is 1. The van der Waals surface area contributed by atoms with E-state index in [4.69, 9.17) is 4.74 Å². The number of rotatable bonds is 6. The van der Waals surface area contributed by atoms with E-state index in [9.17, 15) is 9.59 Å². The van der Waals surface area contributed by atoms with E-state index >= 15 is 0 Å². The molecule has 0 spiro atoms. The molecule has 1 heterocycles. The number of hydrogen-bond donors (Lipinski definition) is 1. The molecule has 1 aliphatic rings. The van der Waals surface area contributed by atoms with Gasteiger partial charge in [-0.15, -0.1) is 52.6 Å². The minimum atomic E-state index is -0.518. The minimum absolute atomic E-state index is 0.144. The first-order valence-corrected chi connectivity index (χ1v) is 9.92. The van der Waals surface area contributed by atoms with Gasteiger partial charge in [-0.25, -0.2) is 5.01 Å². The van der Waals surface area contributed by atoms with E-state index < -0.39 is 5.92 Å². The number of hydrogen-bond acceptors (Lipinski definition) is 3. The van der Waals surface area contributed by atoms with E-state index in [0.717, 1.165) is 26.1 Å². The number of anilines is 1. The molecule has 30 heavy (non-hydrogen) atoms. The molecule has 2 rings (SSSR count). The van der Waals surface area contributed by atoms with Crippen molar-refractivity contribution < 1.29 is 14.3 Å². The topological polar surface area (TPSA) is 58.6 Å². The molecule has 1 fully saturated rings.